The van der Waals surface area contributed by atoms with Gasteiger partial charge in [-0.15, -0.1) is 0 Å². The molecular formula is C30H49N7O. The predicted molar refractivity (Wildman–Crippen MR) is 164 cm³/mol. The van der Waals surface area contributed by atoms with Crippen LogP contribution in [0, 0.1) is 12.8 Å². The van der Waals surface area contributed by atoms with Crippen LogP contribution in [0.3, 0.4) is 0 Å². The van der Waals surface area contributed by atoms with Gasteiger partial charge in [-0.25, -0.2) is 9.97 Å². The Balaban J connectivity index is 0.000000426. The third-order valence-corrected chi connectivity index (χ3v) is 6.17. The predicted octanol–water partition coefficient (Wildman–Crippen LogP) is 5.75. The van der Waals surface area contributed by atoms with E-state index in [-0.39, 0.29) is 0 Å². The molecule has 2 aromatic rings. The topological polar surface area (TPSA) is 77.0 Å². The summed E-state index contributed by atoms with van der Waals surface area (Å²) in [4.78, 5) is 29.3. The third kappa shape index (κ3) is 12.4. The fourth-order valence-corrected chi connectivity index (χ4v) is 4.16. The zero-order valence-electron chi connectivity index (χ0n) is 24.7. The summed E-state index contributed by atoms with van der Waals surface area (Å²) in [5, 5.41) is 3.25. The van der Waals surface area contributed by atoms with E-state index in [0.717, 1.165) is 49.2 Å². The number of likely N-dealkylation sites (N-methyl/N-ethyl adjacent to an activating group) is 1. The van der Waals surface area contributed by atoms with Crippen molar-refractivity contribution in [2.45, 2.75) is 47.5 Å². The Kier molecular flexibility index (Phi) is 16.5. The number of nitrogens with one attached hydrogen (secondary N) is 1. The maximum atomic E-state index is 9.06. The van der Waals surface area contributed by atoms with Gasteiger partial charge in [0.15, 0.2) is 0 Å². The summed E-state index contributed by atoms with van der Waals surface area (Å²) in [6, 6.07) is 8.45. The Hall–Kier alpha value is -3.10. The highest BCUT2D eigenvalue weighted by molar-refractivity contribution is 5.63. The molecule has 0 amide bonds. The summed E-state index contributed by atoms with van der Waals surface area (Å²) < 4.78 is 0. The molecule has 0 radical (unpaired) electrons. The molecule has 1 atom stereocenters. The molecule has 0 bridgehead atoms. The van der Waals surface area contributed by atoms with Gasteiger partial charge in [-0.1, -0.05) is 27.4 Å². The first-order valence-electron chi connectivity index (χ1n) is 13.7. The number of aryl methyl sites for hydroxylation is 1. The lowest BCUT2D eigenvalue weighted by atomic mass is 10.0. The fraction of sp³-hybridized carbons (Fsp3) is 0.533. The molecule has 0 aliphatic carbocycles. The number of hydrogen-bond donors (Lipinski definition) is 1. The smallest absolute Gasteiger partial charge is 0.227 e. The molecule has 210 valence electrons. The maximum Gasteiger partial charge on any atom is 0.227 e. The minimum Gasteiger partial charge on any atom is -0.369 e. The minimum atomic E-state index is 0.593. The van der Waals surface area contributed by atoms with Crippen molar-refractivity contribution in [2.75, 3.05) is 63.6 Å². The molecule has 4 rings (SSSR count). The monoisotopic (exact) mass is 523 g/mol. The lowest BCUT2D eigenvalue weighted by molar-refractivity contribution is -0.104. The van der Waals surface area contributed by atoms with Crippen LogP contribution in [0.2, 0.25) is 0 Å². The van der Waals surface area contributed by atoms with Crippen LogP contribution in [0.25, 0.3) is 0 Å². The lowest BCUT2D eigenvalue weighted by Crippen LogP contribution is -2.44. The first-order chi connectivity index (χ1) is 18.4. The molecule has 2 aliphatic heterocycles. The second kappa shape index (κ2) is 19.0. The quantitative estimate of drug-likeness (QED) is 0.304. The minimum absolute atomic E-state index is 0.593. The molecule has 8 heteroatoms. The molecule has 1 N–H and O–H groups in total. The number of rotatable bonds is 5. The molecule has 0 spiro atoms. The van der Waals surface area contributed by atoms with Crippen molar-refractivity contribution in [3.8, 4) is 0 Å². The number of carbonyl (C=O) groups excluding carboxylic acids is 1. The van der Waals surface area contributed by atoms with Crippen molar-refractivity contribution < 1.29 is 4.79 Å². The average Bonchev–Trinajstić information content (AvgIpc) is 2.93. The van der Waals surface area contributed by atoms with E-state index >= 15 is 0 Å². The number of piperazine rings is 1. The molecule has 8 nitrogen and oxygen atoms in total. The van der Waals surface area contributed by atoms with Crippen LogP contribution in [-0.4, -0.2) is 85.6 Å². The van der Waals surface area contributed by atoms with Gasteiger partial charge in [0.25, 0.3) is 0 Å². The number of carbonyl (C=O) groups is 1. The molecule has 38 heavy (non-hydrogen) atoms. The van der Waals surface area contributed by atoms with E-state index in [4.69, 9.17) is 4.79 Å². The van der Waals surface area contributed by atoms with Crippen LogP contribution >= 0.6 is 0 Å². The van der Waals surface area contributed by atoms with Gasteiger partial charge in [0.05, 0.1) is 11.9 Å². The number of aliphatic imine (C=N–C) groups is 1. The van der Waals surface area contributed by atoms with E-state index in [1.807, 2.05) is 27.7 Å². The maximum absolute atomic E-state index is 9.06. The number of allylic oxidation sites excluding steroid dienone is 1. The van der Waals surface area contributed by atoms with Gasteiger partial charge in [0, 0.05) is 50.3 Å². The molecule has 1 aromatic heterocycles. The van der Waals surface area contributed by atoms with E-state index in [1.54, 1.807) is 12.4 Å². The summed E-state index contributed by atoms with van der Waals surface area (Å²) in [7, 11) is 4.37. The number of benzene rings is 1. The van der Waals surface area contributed by atoms with Crippen molar-refractivity contribution in [1.29, 1.82) is 0 Å². The zero-order valence-corrected chi connectivity index (χ0v) is 24.7. The van der Waals surface area contributed by atoms with Crippen LogP contribution in [0.5, 0.6) is 0 Å². The lowest BCUT2D eigenvalue weighted by Gasteiger charge is -2.34. The van der Waals surface area contributed by atoms with Gasteiger partial charge >= 0.3 is 0 Å². The van der Waals surface area contributed by atoms with E-state index in [2.05, 4.69) is 86.8 Å². The van der Waals surface area contributed by atoms with E-state index in [9.17, 15) is 0 Å². The normalized spacial score (nSPS) is 17.7. The zero-order chi connectivity index (χ0) is 28.3. The van der Waals surface area contributed by atoms with Gasteiger partial charge in [-0.2, -0.15) is 0 Å². The summed E-state index contributed by atoms with van der Waals surface area (Å²) in [6.07, 6.45) is 8.15. The van der Waals surface area contributed by atoms with Gasteiger partial charge in [-0.05, 0) is 83.6 Å². The van der Waals surface area contributed by atoms with Crippen molar-refractivity contribution in [2.24, 2.45) is 10.9 Å². The van der Waals surface area contributed by atoms with Crippen molar-refractivity contribution >= 4 is 35.5 Å². The van der Waals surface area contributed by atoms with Crippen LogP contribution in [-0.2, 0) is 4.79 Å². The Morgan fingerprint density at radius 3 is 2.16 bits per heavy atom. The number of aldehydes is 1. The summed E-state index contributed by atoms with van der Waals surface area (Å²) in [5.41, 5.74) is 3.91. The number of hydrogen-bond acceptors (Lipinski definition) is 8. The number of likely N-dealkylation sites (tertiary alicyclic amines) is 1. The SMILES string of the molecule is C=CC=O.CC.CC1CCCN(C)C1.CC=Nc1cnc(Nc2ccc(N3CCN(C)CC3)cc2)nc1C. The Morgan fingerprint density at radius 2 is 1.68 bits per heavy atom. The Morgan fingerprint density at radius 1 is 1.05 bits per heavy atom. The number of aromatic nitrogens is 2. The van der Waals surface area contributed by atoms with Gasteiger partial charge in [-0.3, -0.25) is 9.79 Å². The van der Waals surface area contributed by atoms with Gasteiger partial charge < -0.3 is 20.0 Å². The highest BCUT2D eigenvalue weighted by Gasteiger charge is 2.14. The highest BCUT2D eigenvalue weighted by Crippen LogP contribution is 2.22. The Bertz CT molecular complexity index is 940. The summed E-state index contributed by atoms with van der Waals surface area (Å²) >= 11 is 0. The molecule has 0 saturated carbocycles. The van der Waals surface area contributed by atoms with Gasteiger partial charge in [0.1, 0.15) is 12.0 Å². The second-order valence-corrected chi connectivity index (χ2v) is 9.40. The average molecular weight is 524 g/mol. The van der Waals surface area contributed by atoms with Crippen LogP contribution < -0.4 is 10.2 Å². The first-order valence-corrected chi connectivity index (χ1v) is 13.7. The van der Waals surface area contributed by atoms with Crippen molar-refractivity contribution in [3.63, 3.8) is 0 Å². The van der Waals surface area contributed by atoms with Crippen molar-refractivity contribution in [1.82, 2.24) is 19.8 Å². The first kappa shape index (κ1) is 32.9. The molecule has 2 saturated heterocycles. The number of nitrogens with zero attached hydrogens (tertiary/aromatic N) is 6. The number of piperidine rings is 1. The third-order valence-electron chi connectivity index (χ3n) is 6.17. The van der Waals surface area contributed by atoms with Crippen LogP contribution in [0.1, 0.15) is 46.2 Å². The fourth-order valence-electron chi connectivity index (χ4n) is 4.16. The summed E-state index contributed by atoms with van der Waals surface area (Å²) in [6.45, 7) is 20.2. The summed E-state index contributed by atoms with van der Waals surface area (Å²) in [5.74, 6) is 1.53. The van der Waals surface area contributed by atoms with E-state index in [0.29, 0.717) is 12.2 Å². The molecular weight excluding hydrogens is 474 g/mol. The number of anilines is 3. The largest absolute Gasteiger partial charge is 0.369 e. The highest BCUT2D eigenvalue weighted by atomic mass is 16.1. The van der Waals surface area contributed by atoms with Gasteiger partial charge in [0.2, 0.25) is 5.95 Å². The second-order valence-electron chi connectivity index (χ2n) is 9.40. The van der Waals surface area contributed by atoms with E-state index in [1.165, 1.54) is 37.7 Å². The standard InChI is InChI=1S/C18H24N6.C7H15N.C3H4O.C2H6/c1-4-19-17-13-20-18(21-14(17)2)22-15-5-7-16(8-6-15)24-11-9-23(3)10-12-24;1-7-4-3-5-8(2)6-7;1-2-3-4;1-2/h4-8,13H,9-12H2,1-3H3,(H,20,21,22);7H,3-6H2,1-2H3;2-3H,1H2;1-2H3. The molecule has 2 aliphatic rings. The Labute approximate surface area is 230 Å². The molecule has 3 heterocycles. The molecule has 1 unspecified atom stereocenters. The molecule has 1 aromatic carbocycles. The van der Waals surface area contributed by atoms with Crippen LogP contribution in [0.4, 0.5) is 23.0 Å². The van der Waals surface area contributed by atoms with Crippen molar-refractivity contribution in [3.05, 3.63) is 48.8 Å². The van der Waals surface area contributed by atoms with E-state index < -0.39 is 0 Å². The van der Waals surface area contributed by atoms with Crippen LogP contribution in [0.15, 0.2) is 48.1 Å². The molecule has 2 fully saturated rings.